The smallest absolute Gasteiger partial charge is 0.251 e. The summed E-state index contributed by atoms with van der Waals surface area (Å²) >= 11 is 0. The summed E-state index contributed by atoms with van der Waals surface area (Å²) < 4.78 is 10.7. The molecule has 2 aromatic carbocycles. The number of nitrogens with zero attached hydrogens (tertiary/aromatic N) is 3. The largest absolute Gasteiger partial charge is 0.378 e. The number of nitrogens with two attached hydrogens (primary N) is 1. The molecule has 1 amide bonds. The van der Waals surface area contributed by atoms with E-state index in [-0.39, 0.29) is 5.91 Å². The molecule has 210 valence electrons. The van der Waals surface area contributed by atoms with Gasteiger partial charge in [-0.05, 0) is 37.1 Å². The first-order chi connectivity index (χ1) is 19.1. The van der Waals surface area contributed by atoms with E-state index in [0.717, 1.165) is 24.9 Å². The van der Waals surface area contributed by atoms with E-state index in [9.17, 15) is 4.79 Å². The number of aromatic nitrogens is 3. The number of benzene rings is 2. The van der Waals surface area contributed by atoms with Gasteiger partial charge < -0.3 is 36.5 Å². The van der Waals surface area contributed by atoms with Crippen LogP contribution in [0.25, 0.3) is 0 Å². The second kappa shape index (κ2) is 16.9. The summed E-state index contributed by atoms with van der Waals surface area (Å²) in [7, 11) is 0. The Hall–Kier alpha value is -3.80. The van der Waals surface area contributed by atoms with E-state index in [1.165, 1.54) is 5.56 Å². The summed E-state index contributed by atoms with van der Waals surface area (Å²) in [6.45, 7) is 8.26. The van der Waals surface area contributed by atoms with Crippen LogP contribution in [0.2, 0.25) is 0 Å². The molecule has 11 heteroatoms. The molecule has 3 aromatic rings. The highest BCUT2D eigenvalue weighted by Gasteiger charge is 2.10. The van der Waals surface area contributed by atoms with Crippen molar-refractivity contribution in [1.29, 1.82) is 0 Å². The van der Waals surface area contributed by atoms with Crippen molar-refractivity contribution in [2.45, 2.75) is 33.2 Å². The van der Waals surface area contributed by atoms with Crippen LogP contribution in [-0.4, -0.2) is 66.9 Å². The molecule has 11 nitrogen and oxygen atoms in total. The van der Waals surface area contributed by atoms with Gasteiger partial charge in [0, 0.05) is 37.4 Å². The van der Waals surface area contributed by atoms with Crippen molar-refractivity contribution in [3.63, 3.8) is 0 Å². The van der Waals surface area contributed by atoms with Gasteiger partial charge in [0.25, 0.3) is 5.91 Å². The number of carbonyl (C=O) groups excluding carboxylic acids is 1. The Kier molecular flexibility index (Phi) is 12.9. The monoisotopic (exact) mass is 536 g/mol. The molecule has 1 heterocycles. The summed E-state index contributed by atoms with van der Waals surface area (Å²) in [6, 6.07) is 15.5. The van der Waals surface area contributed by atoms with Gasteiger partial charge in [0.15, 0.2) is 0 Å². The van der Waals surface area contributed by atoms with Gasteiger partial charge >= 0.3 is 0 Å². The quantitative estimate of drug-likeness (QED) is 0.153. The molecule has 0 saturated carbocycles. The van der Waals surface area contributed by atoms with Gasteiger partial charge in [-0.1, -0.05) is 49.2 Å². The molecular formula is C28H40N8O3. The fourth-order valence-corrected chi connectivity index (χ4v) is 3.47. The molecule has 0 radical (unpaired) electrons. The van der Waals surface area contributed by atoms with Crippen LogP contribution in [0.4, 0.5) is 23.5 Å². The third kappa shape index (κ3) is 11.2. The lowest BCUT2D eigenvalue weighted by atomic mass is 10.1. The standard InChI is InChI=1S/C28H40N8O3/c1-3-4-13-31-26-34-27(32-20-22-10-8-21(2)9-11-22)36-28(35-26)33-24-7-5-6-23(19-24)25(37)30-14-16-39-18-17-38-15-12-29/h5-11,19H,3-4,12-18,20,29H2,1-2H3,(H,30,37)(H3,31,32,33,34,35,36). The van der Waals surface area contributed by atoms with Crippen LogP contribution in [-0.2, 0) is 16.0 Å². The number of amides is 1. The highest BCUT2D eigenvalue weighted by atomic mass is 16.5. The zero-order valence-corrected chi connectivity index (χ0v) is 22.8. The predicted molar refractivity (Wildman–Crippen MR) is 154 cm³/mol. The molecule has 0 fully saturated rings. The average molecular weight is 537 g/mol. The van der Waals surface area contributed by atoms with E-state index in [1.807, 2.05) is 6.07 Å². The molecular weight excluding hydrogens is 496 g/mol. The summed E-state index contributed by atoms with van der Waals surface area (Å²) in [5.74, 6) is 1.11. The molecule has 39 heavy (non-hydrogen) atoms. The molecule has 0 bridgehead atoms. The first-order valence-electron chi connectivity index (χ1n) is 13.4. The average Bonchev–Trinajstić information content (AvgIpc) is 2.94. The molecule has 0 aliphatic heterocycles. The van der Waals surface area contributed by atoms with E-state index < -0.39 is 0 Å². The van der Waals surface area contributed by atoms with Gasteiger partial charge in [-0.3, -0.25) is 4.79 Å². The zero-order valence-electron chi connectivity index (χ0n) is 22.8. The fraction of sp³-hybridized carbons (Fsp3) is 0.429. The van der Waals surface area contributed by atoms with Gasteiger partial charge in [-0.15, -0.1) is 0 Å². The minimum absolute atomic E-state index is 0.195. The highest BCUT2D eigenvalue weighted by molar-refractivity contribution is 5.95. The first kappa shape index (κ1) is 29.8. The number of anilines is 4. The van der Waals surface area contributed by atoms with Crippen LogP contribution < -0.4 is 27.0 Å². The number of carbonyl (C=O) groups is 1. The highest BCUT2D eigenvalue weighted by Crippen LogP contribution is 2.18. The summed E-state index contributed by atoms with van der Waals surface area (Å²) in [6.07, 6.45) is 2.07. The van der Waals surface area contributed by atoms with E-state index in [1.54, 1.807) is 18.2 Å². The number of hydrogen-bond acceptors (Lipinski definition) is 10. The molecule has 0 spiro atoms. The second-order valence-electron chi connectivity index (χ2n) is 8.90. The number of nitrogens with one attached hydrogen (secondary N) is 4. The number of hydrogen-bond donors (Lipinski definition) is 5. The van der Waals surface area contributed by atoms with Crippen molar-refractivity contribution >= 4 is 29.4 Å². The Morgan fingerprint density at radius 1 is 0.872 bits per heavy atom. The van der Waals surface area contributed by atoms with Crippen LogP contribution in [0.1, 0.15) is 41.3 Å². The summed E-state index contributed by atoms with van der Waals surface area (Å²) in [5.41, 5.74) is 8.91. The topological polar surface area (TPSA) is 148 Å². The Bertz CT molecular complexity index is 1140. The fourth-order valence-electron chi connectivity index (χ4n) is 3.47. The van der Waals surface area contributed by atoms with Crippen molar-refractivity contribution in [2.75, 3.05) is 62.0 Å². The van der Waals surface area contributed by atoms with Crippen LogP contribution in [0.15, 0.2) is 48.5 Å². The van der Waals surface area contributed by atoms with Crippen molar-refractivity contribution in [3.8, 4) is 0 Å². The minimum Gasteiger partial charge on any atom is -0.378 e. The molecule has 0 aliphatic carbocycles. The summed E-state index contributed by atoms with van der Waals surface area (Å²) in [5, 5.41) is 12.6. The van der Waals surface area contributed by atoms with E-state index in [0.29, 0.717) is 75.2 Å². The van der Waals surface area contributed by atoms with Crippen molar-refractivity contribution < 1.29 is 14.3 Å². The molecule has 1 aromatic heterocycles. The number of rotatable bonds is 18. The molecule has 0 aliphatic rings. The van der Waals surface area contributed by atoms with Crippen LogP contribution in [0, 0.1) is 6.92 Å². The molecule has 6 N–H and O–H groups in total. The van der Waals surface area contributed by atoms with Crippen LogP contribution in [0.3, 0.4) is 0 Å². The van der Waals surface area contributed by atoms with Gasteiger partial charge in [0.05, 0.1) is 26.4 Å². The van der Waals surface area contributed by atoms with Crippen LogP contribution >= 0.6 is 0 Å². The van der Waals surface area contributed by atoms with Crippen molar-refractivity contribution in [1.82, 2.24) is 20.3 Å². The van der Waals surface area contributed by atoms with Gasteiger partial charge in [0.2, 0.25) is 17.8 Å². The number of unbranched alkanes of at least 4 members (excludes halogenated alkanes) is 1. The third-order valence-corrected chi connectivity index (χ3v) is 5.57. The van der Waals surface area contributed by atoms with Crippen molar-refractivity contribution in [3.05, 3.63) is 65.2 Å². The Balaban J connectivity index is 1.59. The van der Waals surface area contributed by atoms with Crippen LogP contribution in [0.5, 0.6) is 0 Å². The SMILES string of the molecule is CCCCNc1nc(NCc2ccc(C)cc2)nc(Nc2cccc(C(=O)NCCOCCOCCN)c2)n1. The minimum atomic E-state index is -0.195. The molecule has 0 unspecified atom stereocenters. The maximum Gasteiger partial charge on any atom is 0.251 e. The summed E-state index contributed by atoms with van der Waals surface area (Å²) in [4.78, 5) is 26.2. The maximum atomic E-state index is 12.6. The van der Waals surface area contributed by atoms with E-state index >= 15 is 0 Å². The van der Waals surface area contributed by atoms with Gasteiger partial charge in [-0.25, -0.2) is 0 Å². The lowest BCUT2D eigenvalue weighted by Crippen LogP contribution is -2.27. The predicted octanol–water partition coefficient (Wildman–Crippen LogP) is 3.47. The zero-order chi connectivity index (χ0) is 27.7. The molecule has 0 saturated heterocycles. The molecule has 3 rings (SSSR count). The first-order valence-corrected chi connectivity index (χ1v) is 13.4. The maximum absolute atomic E-state index is 12.6. The van der Waals surface area contributed by atoms with E-state index in [2.05, 4.69) is 74.3 Å². The van der Waals surface area contributed by atoms with E-state index in [4.69, 9.17) is 15.2 Å². The normalized spacial score (nSPS) is 10.7. The Labute approximate surface area is 230 Å². The van der Waals surface area contributed by atoms with Gasteiger partial charge in [-0.2, -0.15) is 15.0 Å². The van der Waals surface area contributed by atoms with Gasteiger partial charge in [0.1, 0.15) is 0 Å². The second-order valence-corrected chi connectivity index (χ2v) is 8.90. The lowest BCUT2D eigenvalue weighted by molar-refractivity contribution is 0.0511. The van der Waals surface area contributed by atoms with Crippen molar-refractivity contribution in [2.24, 2.45) is 5.73 Å². The lowest BCUT2D eigenvalue weighted by Gasteiger charge is -2.12. The number of aryl methyl sites for hydroxylation is 1. The number of ether oxygens (including phenoxy) is 2. The Morgan fingerprint density at radius 3 is 2.33 bits per heavy atom. The molecule has 0 atom stereocenters. The Morgan fingerprint density at radius 2 is 1.59 bits per heavy atom. The third-order valence-electron chi connectivity index (χ3n) is 5.57.